The molecule has 0 spiro atoms. The summed E-state index contributed by atoms with van der Waals surface area (Å²) in [5.41, 5.74) is -0.497. The molecular formula is C14H20F3N3O. The summed E-state index contributed by atoms with van der Waals surface area (Å²) >= 11 is 0. The van der Waals surface area contributed by atoms with Crippen molar-refractivity contribution in [2.75, 3.05) is 33.0 Å². The zero-order valence-corrected chi connectivity index (χ0v) is 12.5. The normalized spacial score (nSPS) is 13.1. The highest BCUT2D eigenvalue weighted by molar-refractivity contribution is 5.99. The number of likely N-dealkylation sites (N-methyl/N-ethyl adjacent to an activating group) is 1. The standard InChI is InChI=1S/C14H20F3N3O/c1-9(20(3)4)8-19-13(21)11-7-10(14(15,16)17)5-6-12(11)18-2/h5-7,9,18H,8H2,1-4H3,(H,19,21). The molecule has 0 saturated heterocycles. The van der Waals surface area contributed by atoms with Crippen LogP contribution in [0, 0.1) is 0 Å². The largest absolute Gasteiger partial charge is 0.416 e. The summed E-state index contributed by atoms with van der Waals surface area (Å²) in [7, 11) is 5.28. The lowest BCUT2D eigenvalue weighted by atomic mass is 10.1. The van der Waals surface area contributed by atoms with Gasteiger partial charge >= 0.3 is 6.18 Å². The molecule has 0 aliphatic carbocycles. The number of hydrogen-bond acceptors (Lipinski definition) is 3. The number of nitrogens with zero attached hydrogens (tertiary/aromatic N) is 1. The first kappa shape index (κ1) is 17.3. The van der Waals surface area contributed by atoms with Gasteiger partial charge < -0.3 is 15.5 Å². The number of nitrogens with one attached hydrogen (secondary N) is 2. The Kier molecular flexibility index (Phi) is 5.60. The summed E-state index contributed by atoms with van der Waals surface area (Å²) in [4.78, 5) is 14.0. The Labute approximate surface area is 122 Å². The number of benzene rings is 1. The van der Waals surface area contributed by atoms with Crippen molar-refractivity contribution in [2.24, 2.45) is 0 Å². The van der Waals surface area contributed by atoms with E-state index in [1.165, 1.54) is 6.07 Å². The van der Waals surface area contributed by atoms with Crippen molar-refractivity contribution >= 4 is 11.6 Å². The summed E-state index contributed by atoms with van der Waals surface area (Å²) in [6.45, 7) is 2.26. The zero-order chi connectivity index (χ0) is 16.2. The molecule has 0 aromatic heterocycles. The quantitative estimate of drug-likeness (QED) is 0.878. The van der Waals surface area contributed by atoms with Crippen molar-refractivity contribution in [1.29, 1.82) is 0 Å². The summed E-state index contributed by atoms with van der Waals surface area (Å²) in [5, 5.41) is 5.37. The monoisotopic (exact) mass is 303 g/mol. The molecule has 7 heteroatoms. The van der Waals surface area contributed by atoms with Crippen molar-refractivity contribution < 1.29 is 18.0 Å². The Morgan fingerprint density at radius 1 is 1.33 bits per heavy atom. The Morgan fingerprint density at radius 3 is 2.43 bits per heavy atom. The molecule has 2 N–H and O–H groups in total. The van der Waals surface area contributed by atoms with Crippen LogP contribution in [0.5, 0.6) is 0 Å². The van der Waals surface area contributed by atoms with E-state index in [9.17, 15) is 18.0 Å². The van der Waals surface area contributed by atoms with Crippen LogP contribution in [0.2, 0.25) is 0 Å². The Hall–Kier alpha value is -1.76. The summed E-state index contributed by atoms with van der Waals surface area (Å²) in [5.74, 6) is -0.529. The molecule has 0 heterocycles. The van der Waals surface area contributed by atoms with E-state index in [2.05, 4.69) is 10.6 Å². The Bertz CT molecular complexity index is 501. The molecular weight excluding hydrogens is 283 g/mol. The van der Waals surface area contributed by atoms with Gasteiger partial charge in [-0.2, -0.15) is 13.2 Å². The number of hydrogen-bond donors (Lipinski definition) is 2. The van der Waals surface area contributed by atoms with Crippen molar-refractivity contribution in [2.45, 2.75) is 19.1 Å². The summed E-state index contributed by atoms with van der Waals surface area (Å²) < 4.78 is 38.2. The second-order valence-electron chi connectivity index (χ2n) is 5.03. The average Bonchev–Trinajstić information content (AvgIpc) is 2.42. The van der Waals surface area contributed by atoms with Crippen LogP contribution in [-0.2, 0) is 6.18 Å². The van der Waals surface area contributed by atoms with E-state index in [-0.39, 0.29) is 11.6 Å². The van der Waals surface area contributed by atoms with Crippen LogP contribution >= 0.6 is 0 Å². The molecule has 1 aromatic rings. The molecule has 0 radical (unpaired) electrons. The minimum Gasteiger partial charge on any atom is -0.387 e. The van der Waals surface area contributed by atoms with Gasteiger partial charge in [0.1, 0.15) is 0 Å². The maximum Gasteiger partial charge on any atom is 0.416 e. The van der Waals surface area contributed by atoms with Gasteiger partial charge in [-0.15, -0.1) is 0 Å². The van der Waals surface area contributed by atoms with Crippen LogP contribution in [0.4, 0.5) is 18.9 Å². The molecule has 1 amide bonds. The van der Waals surface area contributed by atoms with Crippen LogP contribution in [0.15, 0.2) is 18.2 Å². The third kappa shape index (κ3) is 4.63. The third-order valence-electron chi connectivity index (χ3n) is 3.30. The number of alkyl halides is 3. The molecule has 0 bridgehead atoms. The van der Waals surface area contributed by atoms with Gasteiger partial charge in [0.2, 0.25) is 0 Å². The first-order valence-corrected chi connectivity index (χ1v) is 6.50. The molecule has 1 unspecified atom stereocenters. The van der Waals surface area contributed by atoms with Crippen LogP contribution < -0.4 is 10.6 Å². The van der Waals surface area contributed by atoms with Gasteiger partial charge in [0.15, 0.2) is 0 Å². The third-order valence-corrected chi connectivity index (χ3v) is 3.30. The van der Waals surface area contributed by atoms with Gasteiger partial charge in [-0.1, -0.05) is 0 Å². The van der Waals surface area contributed by atoms with E-state index in [0.717, 1.165) is 12.1 Å². The van der Waals surface area contributed by atoms with Gasteiger partial charge in [0, 0.05) is 25.3 Å². The molecule has 0 aliphatic heterocycles. The minimum absolute atomic E-state index is 0.0155. The molecule has 118 valence electrons. The average molecular weight is 303 g/mol. The molecule has 1 aromatic carbocycles. The molecule has 0 aliphatic rings. The fourth-order valence-electron chi connectivity index (χ4n) is 1.64. The van der Waals surface area contributed by atoms with Gasteiger partial charge in [-0.25, -0.2) is 0 Å². The molecule has 4 nitrogen and oxygen atoms in total. The highest BCUT2D eigenvalue weighted by atomic mass is 19.4. The number of anilines is 1. The number of rotatable bonds is 5. The van der Waals surface area contributed by atoms with Gasteiger partial charge in [-0.05, 0) is 39.2 Å². The fourth-order valence-corrected chi connectivity index (χ4v) is 1.64. The lowest BCUT2D eigenvalue weighted by Gasteiger charge is -2.20. The lowest BCUT2D eigenvalue weighted by Crippen LogP contribution is -2.38. The van der Waals surface area contributed by atoms with Crippen LogP contribution in [0.3, 0.4) is 0 Å². The number of carbonyl (C=O) groups is 1. The van der Waals surface area contributed by atoms with Gasteiger partial charge in [0.25, 0.3) is 5.91 Å². The highest BCUT2D eigenvalue weighted by Crippen LogP contribution is 2.31. The molecule has 21 heavy (non-hydrogen) atoms. The van der Waals surface area contributed by atoms with Crippen molar-refractivity contribution in [3.8, 4) is 0 Å². The van der Waals surface area contributed by atoms with E-state index in [1.807, 2.05) is 25.9 Å². The SMILES string of the molecule is CNc1ccc(C(F)(F)F)cc1C(=O)NCC(C)N(C)C. The van der Waals surface area contributed by atoms with E-state index in [0.29, 0.717) is 12.2 Å². The van der Waals surface area contributed by atoms with E-state index < -0.39 is 17.6 Å². The van der Waals surface area contributed by atoms with Crippen molar-refractivity contribution in [3.63, 3.8) is 0 Å². The van der Waals surface area contributed by atoms with E-state index >= 15 is 0 Å². The first-order valence-electron chi connectivity index (χ1n) is 6.50. The second kappa shape index (κ2) is 6.80. The minimum atomic E-state index is -4.47. The molecule has 0 saturated carbocycles. The maximum atomic E-state index is 12.7. The predicted molar refractivity (Wildman–Crippen MR) is 76.5 cm³/mol. The number of halogens is 3. The van der Waals surface area contributed by atoms with Crippen LogP contribution in [0.1, 0.15) is 22.8 Å². The number of carbonyl (C=O) groups excluding carboxylic acids is 1. The molecule has 0 fully saturated rings. The Balaban J connectivity index is 2.96. The van der Waals surface area contributed by atoms with Crippen molar-refractivity contribution in [3.05, 3.63) is 29.3 Å². The predicted octanol–water partition coefficient (Wildman–Crippen LogP) is 2.43. The van der Waals surface area contributed by atoms with Crippen molar-refractivity contribution in [1.82, 2.24) is 10.2 Å². The lowest BCUT2D eigenvalue weighted by molar-refractivity contribution is -0.137. The zero-order valence-electron chi connectivity index (χ0n) is 12.5. The molecule has 1 atom stereocenters. The number of amides is 1. The van der Waals surface area contributed by atoms with Crippen LogP contribution in [0.25, 0.3) is 0 Å². The topological polar surface area (TPSA) is 44.4 Å². The molecule has 1 rings (SSSR count). The highest BCUT2D eigenvalue weighted by Gasteiger charge is 2.31. The first-order chi connectivity index (χ1) is 9.66. The van der Waals surface area contributed by atoms with Gasteiger partial charge in [0.05, 0.1) is 11.1 Å². The second-order valence-corrected chi connectivity index (χ2v) is 5.03. The summed E-state index contributed by atoms with van der Waals surface area (Å²) in [6.07, 6.45) is -4.47. The smallest absolute Gasteiger partial charge is 0.387 e. The van der Waals surface area contributed by atoms with Crippen LogP contribution in [-0.4, -0.2) is 44.5 Å². The Morgan fingerprint density at radius 2 is 1.95 bits per heavy atom. The summed E-state index contributed by atoms with van der Waals surface area (Å²) in [6, 6.07) is 3.15. The van der Waals surface area contributed by atoms with E-state index in [4.69, 9.17) is 0 Å². The fraction of sp³-hybridized carbons (Fsp3) is 0.500. The van der Waals surface area contributed by atoms with Gasteiger partial charge in [-0.3, -0.25) is 4.79 Å². The maximum absolute atomic E-state index is 12.7. The van der Waals surface area contributed by atoms with E-state index in [1.54, 1.807) is 7.05 Å².